The van der Waals surface area contributed by atoms with Gasteiger partial charge in [0.25, 0.3) is 0 Å². The Bertz CT molecular complexity index is 1760. The minimum absolute atomic E-state index is 0.221. The van der Waals surface area contributed by atoms with E-state index in [0.29, 0.717) is 58.6 Å². The molecule has 4 aliphatic heterocycles. The van der Waals surface area contributed by atoms with E-state index in [9.17, 15) is 14.0 Å². The van der Waals surface area contributed by atoms with Crippen molar-refractivity contribution in [1.29, 1.82) is 5.26 Å². The molecule has 2 unspecified atom stereocenters. The Labute approximate surface area is 245 Å². The molecule has 7 heterocycles. The van der Waals surface area contributed by atoms with Crippen LogP contribution in [0.3, 0.4) is 0 Å². The number of nitriles is 1. The Kier molecular flexibility index (Phi) is 6.00. The summed E-state index contributed by atoms with van der Waals surface area (Å²) >= 11 is 1.06. The van der Waals surface area contributed by atoms with Crippen molar-refractivity contribution in [3.63, 3.8) is 0 Å². The third kappa shape index (κ3) is 4.09. The van der Waals surface area contributed by atoms with Gasteiger partial charge in [0.1, 0.15) is 35.5 Å². The Morgan fingerprint density at radius 1 is 1.14 bits per heavy atom. The molecule has 12 heteroatoms. The first kappa shape index (κ1) is 26.0. The van der Waals surface area contributed by atoms with E-state index in [1.165, 1.54) is 6.07 Å². The van der Waals surface area contributed by atoms with Crippen LogP contribution in [0.1, 0.15) is 37.7 Å². The first-order valence-corrected chi connectivity index (χ1v) is 15.3. The van der Waals surface area contributed by atoms with Crippen molar-refractivity contribution >= 4 is 43.3 Å². The van der Waals surface area contributed by atoms with E-state index >= 15 is 0 Å². The summed E-state index contributed by atoms with van der Waals surface area (Å²) < 4.78 is 35.8. The van der Waals surface area contributed by atoms with Gasteiger partial charge in [-0.2, -0.15) is 15.2 Å². The standard InChI is InChI=1S/C30H30F2N8OS/c31-16-10-30(8-1-9-40(30)12-16)15-41-29-37-27-20(28(38-29)39-13-17-2-3-18(14-39)35-17)5-7-23(36-27)19-4-6-22(32)25-24(19)21(11-33)26(34)42-25/h4-7,16-18,35H,1-3,8-10,12-15,34H2/t16-,17?,18?,30+/m1/s1. The molecule has 0 radical (unpaired) electrons. The SMILES string of the molecule is N#Cc1c(N)sc2c(F)ccc(-c3ccc4c(N5CC6CCC(C5)N6)nc(OC[C@@]56CCCN5C[C@H](F)C6)nc4n3)c12. The summed E-state index contributed by atoms with van der Waals surface area (Å²) in [7, 11) is 0. The summed E-state index contributed by atoms with van der Waals surface area (Å²) in [6, 6.07) is 9.98. The summed E-state index contributed by atoms with van der Waals surface area (Å²) in [6.45, 7) is 3.30. The lowest BCUT2D eigenvalue weighted by Gasteiger charge is -2.34. The zero-order chi connectivity index (χ0) is 28.6. The van der Waals surface area contributed by atoms with Crippen LogP contribution in [0.25, 0.3) is 32.4 Å². The third-order valence-corrected chi connectivity index (χ3v) is 10.5. The Morgan fingerprint density at radius 3 is 2.79 bits per heavy atom. The van der Waals surface area contributed by atoms with E-state index in [-0.39, 0.29) is 22.1 Å². The summed E-state index contributed by atoms with van der Waals surface area (Å²) in [4.78, 5) is 19.1. The zero-order valence-electron chi connectivity index (χ0n) is 22.9. The molecule has 42 heavy (non-hydrogen) atoms. The minimum atomic E-state index is -0.848. The van der Waals surface area contributed by atoms with Crippen LogP contribution in [0.4, 0.5) is 19.6 Å². The van der Waals surface area contributed by atoms with Crippen LogP contribution in [0.5, 0.6) is 6.01 Å². The summed E-state index contributed by atoms with van der Waals surface area (Å²) in [5, 5.41) is 15.0. The molecule has 0 aliphatic carbocycles. The molecule has 0 saturated carbocycles. The molecule has 4 saturated heterocycles. The first-order chi connectivity index (χ1) is 20.4. The maximum atomic E-state index is 14.7. The maximum absolute atomic E-state index is 14.7. The molecule has 4 fully saturated rings. The van der Waals surface area contributed by atoms with Crippen LogP contribution < -0.4 is 20.7 Å². The fraction of sp³-hybridized carbons (Fsp3) is 0.467. The molecule has 1 aromatic carbocycles. The fourth-order valence-corrected chi connectivity index (χ4v) is 8.51. The number of nitrogens with two attached hydrogens (primary N) is 1. The highest BCUT2D eigenvalue weighted by molar-refractivity contribution is 7.23. The number of aromatic nitrogens is 3. The molecule has 2 bridgehead atoms. The van der Waals surface area contributed by atoms with E-state index in [4.69, 9.17) is 25.4 Å². The molecule has 9 nitrogen and oxygen atoms in total. The molecule has 0 amide bonds. The van der Waals surface area contributed by atoms with Crippen molar-refractivity contribution in [2.24, 2.45) is 0 Å². The zero-order valence-corrected chi connectivity index (χ0v) is 23.8. The van der Waals surface area contributed by atoms with Crippen LogP contribution >= 0.6 is 11.3 Å². The Morgan fingerprint density at radius 2 is 1.98 bits per heavy atom. The fourth-order valence-electron chi connectivity index (χ4n) is 7.56. The first-order valence-electron chi connectivity index (χ1n) is 14.5. The number of fused-ring (bicyclic) bond motifs is 5. The van der Waals surface area contributed by atoms with Crippen molar-refractivity contribution in [2.45, 2.75) is 55.9 Å². The summed E-state index contributed by atoms with van der Waals surface area (Å²) in [6.07, 6.45) is 3.79. The highest BCUT2D eigenvalue weighted by Gasteiger charge is 2.49. The quantitative estimate of drug-likeness (QED) is 0.350. The lowest BCUT2D eigenvalue weighted by molar-refractivity contribution is 0.107. The average molecular weight is 589 g/mol. The minimum Gasteiger partial charge on any atom is -0.461 e. The van der Waals surface area contributed by atoms with Crippen LogP contribution in [0.15, 0.2) is 24.3 Å². The molecule has 4 atom stereocenters. The number of anilines is 2. The summed E-state index contributed by atoms with van der Waals surface area (Å²) in [5.41, 5.74) is 7.62. The van der Waals surface area contributed by atoms with Gasteiger partial charge in [-0.1, -0.05) is 0 Å². The van der Waals surface area contributed by atoms with Gasteiger partial charge in [0.05, 0.1) is 26.9 Å². The number of benzene rings is 1. The second kappa shape index (κ2) is 9.69. The molecule has 8 rings (SSSR count). The number of hydrogen-bond acceptors (Lipinski definition) is 10. The number of thiophene rings is 1. The van der Waals surface area contributed by atoms with Gasteiger partial charge in [0.15, 0.2) is 5.65 Å². The van der Waals surface area contributed by atoms with Crippen LogP contribution in [0, 0.1) is 17.1 Å². The second-order valence-corrected chi connectivity index (χ2v) is 13.1. The number of hydrogen-bond donors (Lipinski definition) is 2. The predicted octanol–water partition coefficient (Wildman–Crippen LogP) is 4.40. The highest BCUT2D eigenvalue weighted by Crippen LogP contribution is 2.42. The number of nitrogens with one attached hydrogen (secondary N) is 1. The molecule has 216 valence electrons. The normalized spacial score (nSPS) is 27.2. The molecule has 3 N–H and O–H groups in total. The molecule has 4 aromatic rings. The van der Waals surface area contributed by atoms with Gasteiger partial charge in [0.2, 0.25) is 0 Å². The number of nitrogen functional groups attached to an aromatic ring is 1. The van der Waals surface area contributed by atoms with E-state index < -0.39 is 12.0 Å². The van der Waals surface area contributed by atoms with Crippen LogP contribution in [-0.4, -0.2) is 76.4 Å². The van der Waals surface area contributed by atoms with E-state index in [1.807, 2.05) is 12.1 Å². The number of pyridine rings is 1. The smallest absolute Gasteiger partial charge is 0.320 e. The molecule has 3 aromatic heterocycles. The third-order valence-electron chi connectivity index (χ3n) is 9.47. The number of rotatable bonds is 5. The largest absolute Gasteiger partial charge is 0.461 e. The molecule has 4 aliphatic rings. The van der Waals surface area contributed by atoms with Gasteiger partial charge in [-0.15, -0.1) is 11.3 Å². The average Bonchev–Trinajstić information content (AvgIpc) is 3.71. The van der Waals surface area contributed by atoms with E-state index in [1.54, 1.807) is 6.07 Å². The monoisotopic (exact) mass is 588 g/mol. The van der Waals surface area contributed by atoms with Crippen LogP contribution in [-0.2, 0) is 0 Å². The van der Waals surface area contributed by atoms with E-state index in [2.05, 4.69) is 21.2 Å². The van der Waals surface area contributed by atoms with Gasteiger partial charge < -0.3 is 20.7 Å². The Hall–Kier alpha value is -3.66. The van der Waals surface area contributed by atoms with Crippen molar-refractivity contribution in [1.82, 2.24) is 25.2 Å². The van der Waals surface area contributed by atoms with Gasteiger partial charge >= 0.3 is 6.01 Å². The van der Waals surface area contributed by atoms with Gasteiger partial charge in [-0.3, -0.25) is 4.90 Å². The second-order valence-electron chi connectivity index (χ2n) is 12.1. The number of ether oxygens (including phenoxy) is 1. The van der Waals surface area contributed by atoms with Crippen molar-refractivity contribution < 1.29 is 13.5 Å². The van der Waals surface area contributed by atoms with Crippen LogP contribution in [0.2, 0.25) is 0 Å². The van der Waals surface area contributed by atoms with E-state index in [0.717, 1.165) is 67.9 Å². The highest BCUT2D eigenvalue weighted by atomic mass is 32.1. The predicted molar refractivity (Wildman–Crippen MR) is 158 cm³/mol. The maximum Gasteiger partial charge on any atom is 0.320 e. The molecule has 0 spiro atoms. The van der Waals surface area contributed by atoms with Gasteiger partial charge in [0, 0.05) is 49.1 Å². The molecular weight excluding hydrogens is 558 g/mol. The van der Waals surface area contributed by atoms with Gasteiger partial charge in [-0.05, 0) is 56.5 Å². The van der Waals surface area contributed by atoms with Gasteiger partial charge in [-0.25, -0.2) is 13.8 Å². The number of nitrogens with zero attached hydrogens (tertiary/aromatic N) is 6. The number of alkyl halides is 1. The topological polar surface area (TPSA) is 116 Å². The Balaban J connectivity index is 1.23. The number of piperazine rings is 1. The lowest BCUT2D eigenvalue weighted by Crippen LogP contribution is -2.51. The lowest BCUT2D eigenvalue weighted by atomic mass is 9.95. The van der Waals surface area contributed by atoms with Crippen molar-refractivity contribution in [2.75, 3.05) is 43.4 Å². The molecular formula is C30H30F2N8OS. The summed E-state index contributed by atoms with van der Waals surface area (Å²) in [5.74, 6) is 0.342. The number of halogens is 2. The van der Waals surface area contributed by atoms with Crippen molar-refractivity contribution in [3.8, 4) is 23.3 Å². The van der Waals surface area contributed by atoms with Crippen molar-refractivity contribution in [3.05, 3.63) is 35.6 Å².